The molecule has 7 nitrogen and oxygen atoms in total. The first-order valence-corrected chi connectivity index (χ1v) is 7.19. The number of nitrogens with two attached hydrogens (primary N) is 1. The van der Waals surface area contributed by atoms with Crippen molar-refractivity contribution in [2.24, 2.45) is 5.41 Å². The van der Waals surface area contributed by atoms with Crippen molar-refractivity contribution in [3.05, 3.63) is 11.8 Å². The maximum atomic E-state index is 12.4. The molecule has 0 saturated carbocycles. The maximum Gasteiger partial charge on any atom is 0.311 e. The summed E-state index contributed by atoms with van der Waals surface area (Å²) in [7, 11) is 0. The molecule has 1 atom stereocenters. The molecule has 2 rings (SSSR count). The van der Waals surface area contributed by atoms with Gasteiger partial charge in [0.05, 0.1) is 11.1 Å². The van der Waals surface area contributed by atoms with E-state index in [1.807, 2.05) is 13.8 Å². The third-order valence-corrected chi connectivity index (χ3v) is 4.28. The zero-order chi connectivity index (χ0) is 15.6. The van der Waals surface area contributed by atoms with Crippen molar-refractivity contribution in [1.82, 2.24) is 14.7 Å². The van der Waals surface area contributed by atoms with Gasteiger partial charge in [-0.25, -0.2) is 4.68 Å². The Hall–Kier alpha value is -2.05. The van der Waals surface area contributed by atoms with Gasteiger partial charge in [-0.2, -0.15) is 5.10 Å². The standard InChI is InChI=1S/C14H22N4O3/c1-3-14(13(20)21)5-4-6-17(9-14)12(19)8-18-11(15)7-10(2)16-18/h7H,3-6,8-9,15H2,1-2H3,(H,20,21)/t14-/m0/s1. The van der Waals surface area contributed by atoms with E-state index >= 15 is 0 Å². The summed E-state index contributed by atoms with van der Waals surface area (Å²) in [5, 5.41) is 13.6. The van der Waals surface area contributed by atoms with Gasteiger partial charge in [0.2, 0.25) is 5.91 Å². The number of aromatic nitrogens is 2. The summed E-state index contributed by atoms with van der Waals surface area (Å²) in [6.07, 6.45) is 1.85. The number of hydrogen-bond donors (Lipinski definition) is 2. The lowest BCUT2D eigenvalue weighted by Crippen LogP contribution is -2.50. The highest BCUT2D eigenvalue weighted by Crippen LogP contribution is 2.33. The molecule has 0 radical (unpaired) electrons. The van der Waals surface area contributed by atoms with Gasteiger partial charge in [0, 0.05) is 19.2 Å². The zero-order valence-electron chi connectivity index (χ0n) is 12.5. The predicted molar refractivity (Wildman–Crippen MR) is 77.6 cm³/mol. The Kier molecular flexibility index (Phi) is 4.20. The second kappa shape index (κ2) is 5.75. The van der Waals surface area contributed by atoms with Crippen molar-refractivity contribution in [1.29, 1.82) is 0 Å². The number of carboxylic acid groups (broad SMARTS) is 1. The number of aryl methyl sites for hydroxylation is 1. The quantitative estimate of drug-likeness (QED) is 0.858. The number of likely N-dealkylation sites (tertiary alicyclic amines) is 1. The number of hydrogen-bond acceptors (Lipinski definition) is 4. The fraction of sp³-hybridized carbons (Fsp3) is 0.643. The molecule has 1 fully saturated rings. The molecule has 116 valence electrons. The van der Waals surface area contributed by atoms with Crippen LogP contribution in [0.1, 0.15) is 31.9 Å². The van der Waals surface area contributed by atoms with E-state index in [1.165, 1.54) is 4.68 Å². The third kappa shape index (κ3) is 3.01. The largest absolute Gasteiger partial charge is 0.481 e. The van der Waals surface area contributed by atoms with Crippen LogP contribution in [-0.4, -0.2) is 44.8 Å². The van der Waals surface area contributed by atoms with Crippen LogP contribution in [0.3, 0.4) is 0 Å². The highest BCUT2D eigenvalue weighted by molar-refractivity contribution is 5.79. The molecule has 0 unspecified atom stereocenters. The molecule has 0 bridgehead atoms. The minimum Gasteiger partial charge on any atom is -0.481 e. The lowest BCUT2D eigenvalue weighted by atomic mass is 9.77. The van der Waals surface area contributed by atoms with Gasteiger partial charge in [-0.3, -0.25) is 9.59 Å². The predicted octanol–water partition coefficient (Wildman–Crippen LogP) is 0.877. The monoisotopic (exact) mass is 294 g/mol. The van der Waals surface area contributed by atoms with Gasteiger partial charge in [-0.15, -0.1) is 0 Å². The Morgan fingerprint density at radius 1 is 1.52 bits per heavy atom. The van der Waals surface area contributed by atoms with Crippen LogP contribution in [-0.2, 0) is 16.1 Å². The first-order chi connectivity index (χ1) is 9.88. The van der Waals surface area contributed by atoms with Crippen LogP contribution in [0.4, 0.5) is 5.82 Å². The smallest absolute Gasteiger partial charge is 0.311 e. The van der Waals surface area contributed by atoms with Crippen LogP contribution in [0, 0.1) is 12.3 Å². The van der Waals surface area contributed by atoms with Crippen LogP contribution < -0.4 is 5.73 Å². The van der Waals surface area contributed by atoms with Crippen molar-refractivity contribution < 1.29 is 14.7 Å². The van der Waals surface area contributed by atoms with Crippen LogP contribution in [0.2, 0.25) is 0 Å². The van der Waals surface area contributed by atoms with Crippen LogP contribution >= 0.6 is 0 Å². The lowest BCUT2D eigenvalue weighted by molar-refractivity contribution is -0.155. The van der Waals surface area contributed by atoms with Gasteiger partial charge < -0.3 is 15.7 Å². The van der Waals surface area contributed by atoms with Crippen LogP contribution in [0.15, 0.2) is 6.07 Å². The second-order valence-electron chi connectivity index (χ2n) is 5.73. The Morgan fingerprint density at radius 2 is 2.24 bits per heavy atom. The number of amides is 1. The second-order valence-corrected chi connectivity index (χ2v) is 5.73. The highest BCUT2D eigenvalue weighted by atomic mass is 16.4. The van der Waals surface area contributed by atoms with Gasteiger partial charge in [0.25, 0.3) is 0 Å². The molecule has 0 aromatic carbocycles. The van der Waals surface area contributed by atoms with Crippen molar-refractivity contribution in [3.63, 3.8) is 0 Å². The molecule has 1 aromatic heterocycles. The topological polar surface area (TPSA) is 101 Å². The first-order valence-electron chi connectivity index (χ1n) is 7.19. The number of carbonyl (C=O) groups excluding carboxylic acids is 1. The average Bonchev–Trinajstić information content (AvgIpc) is 2.76. The summed E-state index contributed by atoms with van der Waals surface area (Å²) >= 11 is 0. The molecular formula is C14H22N4O3. The van der Waals surface area contributed by atoms with E-state index in [0.717, 1.165) is 5.69 Å². The van der Waals surface area contributed by atoms with E-state index in [4.69, 9.17) is 5.73 Å². The molecule has 21 heavy (non-hydrogen) atoms. The normalized spacial score (nSPS) is 22.3. The molecule has 7 heteroatoms. The number of aliphatic carboxylic acids is 1. The minimum atomic E-state index is -0.822. The summed E-state index contributed by atoms with van der Waals surface area (Å²) < 4.78 is 1.46. The summed E-state index contributed by atoms with van der Waals surface area (Å²) in [4.78, 5) is 25.5. The van der Waals surface area contributed by atoms with Gasteiger partial charge in [0.1, 0.15) is 12.4 Å². The summed E-state index contributed by atoms with van der Waals surface area (Å²) in [5.74, 6) is -0.515. The van der Waals surface area contributed by atoms with E-state index in [2.05, 4.69) is 5.10 Å². The fourth-order valence-corrected chi connectivity index (χ4v) is 2.88. The first kappa shape index (κ1) is 15.3. The minimum absolute atomic E-state index is 0.0546. The van der Waals surface area contributed by atoms with Crippen molar-refractivity contribution >= 4 is 17.7 Å². The van der Waals surface area contributed by atoms with E-state index in [0.29, 0.717) is 31.6 Å². The molecular weight excluding hydrogens is 272 g/mol. The highest BCUT2D eigenvalue weighted by Gasteiger charge is 2.42. The fourth-order valence-electron chi connectivity index (χ4n) is 2.88. The molecule has 0 spiro atoms. The van der Waals surface area contributed by atoms with Crippen molar-refractivity contribution in [2.45, 2.75) is 39.7 Å². The lowest BCUT2D eigenvalue weighted by Gasteiger charge is -2.39. The number of anilines is 1. The van der Waals surface area contributed by atoms with Gasteiger partial charge >= 0.3 is 5.97 Å². The van der Waals surface area contributed by atoms with E-state index in [-0.39, 0.29) is 19.0 Å². The molecule has 1 saturated heterocycles. The maximum absolute atomic E-state index is 12.4. The number of piperidine rings is 1. The average molecular weight is 294 g/mol. The molecule has 1 amide bonds. The number of carboxylic acids is 1. The van der Waals surface area contributed by atoms with Gasteiger partial charge in [-0.1, -0.05) is 6.92 Å². The summed E-state index contributed by atoms with van der Waals surface area (Å²) in [6, 6.07) is 1.71. The van der Waals surface area contributed by atoms with Gasteiger partial charge in [0.15, 0.2) is 0 Å². The van der Waals surface area contributed by atoms with Crippen LogP contribution in [0.5, 0.6) is 0 Å². The Bertz CT molecular complexity index is 554. The molecule has 1 aliphatic rings. The Balaban J connectivity index is 2.09. The third-order valence-electron chi connectivity index (χ3n) is 4.28. The van der Waals surface area contributed by atoms with Crippen molar-refractivity contribution in [3.8, 4) is 0 Å². The number of carbonyl (C=O) groups is 2. The summed E-state index contributed by atoms with van der Waals surface area (Å²) in [6.45, 7) is 4.58. The number of rotatable bonds is 4. The van der Waals surface area contributed by atoms with E-state index in [1.54, 1.807) is 11.0 Å². The SMILES string of the molecule is CC[C@]1(C(=O)O)CCCN(C(=O)Cn2nc(C)cc2N)C1. The molecule has 1 aromatic rings. The zero-order valence-corrected chi connectivity index (χ0v) is 12.5. The van der Waals surface area contributed by atoms with E-state index in [9.17, 15) is 14.7 Å². The molecule has 2 heterocycles. The Labute approximate surface area is 123 Å². The van der Waals surface area contributed by atoms with Gasteiger partial charge in [-0.05, 0) is 26.2 Å². The molecule has 3 N–H and O–H groups in total. The molecule has 1 aliphatic heterocycles. The summed E-state index contributed by atoms with van der Waals surface area (Å²) in [5.41, 5.74) is 5.72. The van der Waals surface area contributed by atoms with Crippen molar-refractivity contribution in [2.75, 3.05) is 18.8 Å². The van der Waals surface area contributed by atoms with E-state index < -0.39 is 11.4 Å². The van der Waals surface area contributed by atoms with Crippen LogP contribution in [0.25, 0.3) is 0 Å². The number of nitrogens with zero attached hydrogens (tertiary/aromatic N) is 3. The Morgan fingerprint density at radius 3 is 2.76 bits per heavy atom. The molecule has 0 aliphatic carbocycles. The number of nitrogen functional groups attached to an aromatic ring is 1.